The number of amides is 2. The number of rotatable bonds is 5. The Morgan fingerprint density at radius 3 is 2.38 bits per heavy atom. The Morgan fingerprint density at radius 2 is 1.68 bits per heavy atom. The largest absolute Gasteiger partial charge is 0.340 e. The standard InChI is InChI=1S/C27H33N5O2/c28-18-23-22-12-6-7-13-24(22)32(21-10-2-1-3-11-21)26(23)29-25(33)19-30-14-16-31(17-15-30)27(34)20-8-4-5-9-20/h1-3,10-11,20H,4-9,12-17,19H2,(H,29,33). The molecule has 3 aliphatic rings. The molecule has 1 aliphatic heterocycles. The maximum Gasteiger partial charge on any atom is 0.239 e. The normalized spacial score (nSPS) is 19.0. The van der Waals surface area contributed by atoms with Crippen LogP contribution in [0.15, 0.2) is 30.3 Å². The van der Waals surface area contributed by atoms with Crippen molar-refractivity contribution < 1.29 is 9.59 Å². The third kappa shape index (κ3) is 4.47. The van der Waals surface area contributed by atoms with Crippen LogP contribution in [0.5, 0.6) is 0 Å². The summed E-state index contributed by atoms with van der Waals surface area (Å²) in [6.45, 7) is 3.03. The van der Waals surface area contributed by atoms with Gasteiger partial charge in [-0.05, 0) is 56.2 Å². The summed E-state index contributed by atoms with van der Waals surface area (Å²) in [5.41, 5.74) is 3.78. The average Bonchev–Trinajstić information content (AvgIpc) is 3.51. The van der Waals surface area contributed by atoms with Crippen molar-refractivity contribution in [1.29, 1.82) is 5.26 Å². The van der Waals surface area contributed by atoms with Crippen LogP contribution in [0.4, 0.5) is 5.82 Å². The molecule has 1 aromatic carbocycles. The highest BCUT2D eigenvalue weighted by Crippen LogP contribution is 2.35. The molecule has 2 aromatic rings. The molecule has 1 saturated carbocycles. The first-order valence-electron chi connectivity index (χ1n) is 12.7. The van der Waals surface area contributed by atoms with Gasteiger partial charge in [-0.1, -0.05) is 31.0 Å². The number of para-hydroxylation sites is 1. The van der Waals surface area contributed by atoms with Gasteiger partial charge in [-0.2, -0.15) is 5.26 Å². The third-order valence-corrected chi connectivity index (χ3v) is 7.61. The van der Waals surface area contributed by atoms with Gasteiger partial charge in [0.1, 0.15) is 11.9 Å². The van der Waals surface area contributed by atoms with Gasteiger partial charge in [0.05, 0.1) is 12.1 Å². The summed E-state index contributed by atoms with van der Waals surface area (Å²) in [6, 6.07) is 12.3. The first-order chi connectivity index (χ1) is 16.7. The Kier molecular flexibility index (Phi) is 6.68. The minimum atomic E-state index is -0.112. The lowest BCUT2D eigenvalue weighted by molar-refractivity contribution is -0.137. The average molecular weight is 460 g/mol. The van der Waals surface area contributed by atoms with Crippen molar-refractivity contribution in [2.45, 2.75) is 51.4 Å². The number of aromatic nitrogens is 1. The van der Waals surface area contributed by atoms with Crippen LogP contribution < -0.4 is 5.32 Å². The second kappa shape index (κ2) is 10.0. The summed E-state index contributed by atoms with van der Waals surface area (Å²) in [4.78, 5) is 29.9. The molecule has 1 aromatic heterocycles. The van der Waals surface area contributed by atoms with Crippen molar-refractivity contribution in [2.24, 2.45) is 5.92 Å². The Morgan fingerprint density at radius 1 is 0.971 bits per heavy atom. The van der Waals surface area contributed by atoms with Gasteiger partial charge in [0.25, 0.3) is 0 Å². The zero-order chi connectivity index (χ0) is 23.5. The summed E-state index contributed by atoms with van der Waals surface area (Å²) in [5, 5.41) is 13.1. The minimum absolute atomic E-state index is 0.112. The van der Waals surface area contributed by atoms with Gasteiger partial charge in [-0.3, -0.25) is 19.1 Å². The number of nitrogens with one attached hydrogen (secondary N) is 1. The SMILES string of the molecule is N#Cc1c2c(n(-c3ccccc3)c1NC(=O)CN1CCN(C(=O)C3CCCC3)CC1)CCCC2. The third-order valence-electron chi connectivity index (χ3n) is 7.61. The van der Waals surface area contributed by atoms with E-state index in [0.29, 0.717) is 43.5 Å². The Labute approximate surface area is 201 Å². The molecule has 0 unspecified atom stereocenters. The van der Waals surface area contributed by atoms with Gasteiger partial charge in [0, 0.05) is 43.5 Å². The molecule has 0 spiro atoms. The topological polar surface area (TPSA) is 81.4 Å². The Bertz CT molecular complexity index is 1090. The first-order valence-corrected chi connectivity index (χ1v) is 12.7. The van der Waals surface area contributed by atoms with Gasteiger partial charge < -0.3 is 10.2 Å². The minimum Gasteiger partial charge on any atom is -0.340 e. The fraction of sp³-hybridized carbons (Fsp3) is 0.519. The van der Waals surface area contributed by atoms with Crippen molar-refractivity contribution in [2.75, 3.05) is 38.0 Å². The van der Waals surface area contributed by atoms with Crippen LogP contribution in [0.3, 0.4) is 0 Å². The second-order valence-corrected chi connectivity index (χ2v) is 9.77. The van der Waals surface area contributed by atoms with Crippen molar-refractivity contribution in [3.8, 4) is 11.8 Å². The van der Waals surface area contributed by atoms with Crippen LogP contribution in [0.1, 0.15) is 55.3 Å². The van der Waals surface area contributed by atoms with E-state index in [4.69, 9.17) is 0 Å². The Balaban J connectivity index is 1.28. The summed E-state index contributed by atoms with van der Waals surface area (Å²) < 4.78 is 2.07. The van der Waals surface area contributed by atoms with E-state index in [9.17, 15) is 14.9 Å². The molecule has 1 saturated heterocycles. The lowest BCUT2D eigenvalue weighted by Crippen LogP contribution is -2.51. The fourth-order valence-electron chi connectivity index (χ4n) is 5.83. The van der Waals surface area contributed by atoms with Gasteiger partial charge in [0.15, 0.2) is 0 Å². The quantitative estimate of drug-likeness (QED) is 0.742. The number of fused-ring (bicyclic) bond motifs is 1. The lowest BCUT2D eigenvalue weighted by atomic mass is 9.95. The molecular formula is C27H33N5O2. The van der Waals surface area contributed by atoms with E-state index in [1.165, 1.54) is 0 Å². The molecule has 2 fully saturated rings. The summed E-state index contributed by atoms with van der Waals surface area (Å²) in [5.74, 6) is 0.988. The monoisotopic (exact) mass is 459 g/mol. The molecule has 5 rings (SSSR count). The lowest BCUT2D eigenvalue weighted by Gasteiger charge is -2.35. The van der Waals surface area contributed by atoms with E-state index in [0.717, 1.165) is 68.3 Å². The second-order valence-electron chi connectivity index (χ2n) is 9.77. The summed E-state index contributed by atoms with van der Waals surface area (Å²) >= 11 is 0. The van der Waals surface area contributed by atoms with Crippen LogP contribution in [0.25, 0.3) is 5.69 Å². The molecule has 0 radical (unpaired) electrons. The number of piperazine rings is 1. The van der Waals surface area contributed by atoms with E-state index in [1.807, 2.05) is 35.2 Å². The molecule has 2 amide bonds. The number of benzene rings is 1. The van der Waals surface area contributed by atoms with Crippen molar-refractivity contribution >= 4 is 17.6 Å². The van der Waals surface area contributed by atoms with E-state index in [-0.39, 0.29) is 18.4 Å². The van der Waals surface area contributed by atoms with E-state index >= 15 is 0 Å². The van der Waals surface area contributed by atoms with Gasteiger partial charge in [-0.25, -0.2) is 0 Å². The highest BCUT2D eigenvalue weighted by atomic mass is 16.2. The zero-order valence-electron chi connectivity index (χ0n) is 19.8. The van der Waals surface area contributed by atoms with Gasteiger partial charge in [0.2, 0.25) is 11.8 Å². The number of carbonyl (C=O) groups excluding carboxylic acids is 2. The van der Waals surface area contributed by atoms with Crippen LogP contribution in [0, 0.1) is 17.2 Å². The number of hydrogen-bond acceptors (Lipinski definition) is 4. The van der Waals surface area contributed by atoms with Gasteiger partial charge >= 0.3 is 0 Å². The van der Waals surface area contributed by atoms with Crippen LogP contribution >= 0.6 is 0 Å². The maximum absolute atomic E-state index is 13.1. The summed E-state index contributed by atoms with van der Waals surface area (Å²) in [7, 11) is 0. The van der Waals surface area contributed by atoms with Crippen LogP contribution in [0.2, 0.25) is 0 Å². The zero-order valence-corrected chi connectivity index (χ0v) is 19.8. The van der Waals surface area contributed by atoms with E-state index in [2.05, 4.69) is 20.9 Å². The fourth-order valence-corrected chi connectivity index (χ4v) is 5.83. The summed E-state index contributed by atoms with van der Waals surface area (Å²) in [6.07, 6.45) is 8.31. The smallest absolute Gasteiger partial charge is 0.239 e. The molecule has 7 heteroatoms. The highest BCUT2D eigenvalue weighted by Gasteiger charge is 2.31. The molecule has 2 aliphatic carbocycles. The number of hydrogen-bond donors (Lipinski definition) is 1. The molecular weight excluding hydrogens is 426 g/mol. The first kappa shape index (κ1) is 22.7. The van der Waals surface area contributed by atoms with Gasteiger partial charge in [-0.15, -0.1) is 0 Å². The molecule has 1 N–H and O–H groups in total. The number of carbonyl (C=O) groups is 2. The van der Waals surface area contributed by atoms with E-state index in [1.54, 1.807) is 0 Å². The van der Waals surface area contributed by atoms with Crippen LogP contribution in [-0.2, 0) is 22.4 Å². The predicted molar refractivity (Wildman–Crippen MR) is 131 cm³/mol. The molecule has 0 atom stereocenters. The van der Waals surface area contributed by atoms with E-state index < -0.39 is 0 Å². The Hall–Kier alpha value is -3.11. The molecule has 2 heterocycles. The molecule has 34 heavy (non-hydrogen) atoms. The van der Waals surface area contributed by atoms with Crippen molar-refractivity contribution in [3.05, 3.63) is 47.2 Å². The predicted octanol–water partition coefficient (Wildman–Crippen LogP) is 3.50. The highest BCUT2D eigenvalue weighted by molar-refractivity contribution is 5.94. The molecule has 0 bridgehead atoms. The number of nitrogens with zero attached hydrogens (tertiary/aromatic N) is 4. The van der Waals surface area contributed by atoms with Crippen molar-refractivity contribution in [1.82, 2.24) is 14.4 Å². The van der Waals surface area contributed by atoms with Crippen molar-refractivity contribution in [3.63, 3.8) is 0 Å². The molecule has 7 nitrogen and oxygen atoms in total. The maximum atomic E-state index is 13.1. The van der Waals surface area contributed by atoms with Crippen LogP contribution in [-0.4, -0.2) is 58.9 Å². The number of anilines is 1. The molecule has 178 valence electrons. The number of nitriles is 1.